The SMILES string of the molecule is CCc1cc(NC)nc(-c2cncc(Br)c2)n1. The molecule has 0 saturated carbocycles. The molecule has 0 unspecified atom stereocenters. The van der Waals surface area contributed by atoms with Crippen LogP contribution in [0.3, 0.4) is 0 Å². The number of rotatable bonds is 3. The Morgan fingerprint density at radius 1 is 1.24 bits per heavy atom. The van der Waals surface area contributed by atoms with Crippen LogP contribution in [0, 0.1) is 0 Å². The van der Waals surface area contributed by atoms with Gasteiger partial charge in [-0.05, 0) is 28.4 Å². The van der Waals surface area contributed by atoms with E-state index in [1.165, 1.54) is 0 Å². The number of aromatic nitrogens is 3. The van der Waals surface area contributed by atoms with E-state index in [0.717, 1.165) is 28.0 Å². The van der Waals surface area contributed by atoms with Crippen LogP contribution in [0.2, 0.25) is 0 Å². The van der Waals surface area contributed by atoms with Crippen molar-refractivity contribution in [3.63, 3.8) is 0 Å². The maximum absolute atomic E-state index is 4.50. The fourth-order valence-corrected chi connectivity index (χ4v) is 1.83. The molecule has 5 heteroatoms. The summed E-state index contributed by atoms with van der Waals surface area (Å²) in [4.78, 5) is 13.1. The van der Waals surface area contributed by atoms with Crippen LogP contribution in [0.4, 0.5) is 5.82 Å². The zero-order valence-electron chi connectivity index (χ0n) is 9.74. The second kappa shape index (κ2) is 5.23. The van der Waals surface area contributed by atoms with Crippen molar-refractivity contribution >= 4 is 21.7 Å². The first-order chi connectivity index (χ1) is 8.22. The fraction of sp³-hybridized carbons (Fsp3) is 0.250. The molecule has 0 bridgehead atoms. The molecule has 1 N–H and O–H groups in total. The van der Waals surface area contributed by atoms with Crippen molar-refractivity contribution in [3.05, 3.63) is 34.7 Å². The van der Waals surface area contributed by atoms with Gasteiger partial charge in [0.2, 0.25) is 0 Å². The van der Waals surface area contributed by atoms with Gasteiger partial charge >= 0.3 is 0 Å². The second-order valence-electron chi connectivity index (χ2n) is 3.56. The Labute approximate surface area is 109 Å². The fourth-order valence-electron chi connectivity index (χ4n) is 1.47. The molecule has 88 valence electrons. The molecule has 0 aromatic carbocycles. The third-order valence-electron chi connectivity index (χ3n) is 2.36. The Balaban J connectivity index is 2.50. The highest BCUT2D eigenvalue weighted by Gasteiger charge is 2.06. The molecular weight excluding hydrogens is 280 g/mol. The highest BCUT2D eigenvalue weighted by molar-refractivity contribution is 9.10. The lowest BCUT2D eigenvalue weighted by molar-refractivity contribution is 1.00. The van der Waals surface area contributed by atoms with Crippen LogP contribution < -0.4 is 5.32 Å². The first kappa shape index (κ1) is 12.0. The largest absolute Gasteiger partial charge is 0.373 e. The van der Waals surface area contributed by atoms with Crippen LogP contribution in [-0.2, 0) is 6.42 Å². The van der Waals surface area contributed by atoms with Crippen molar-refractivity contribution < 1.29 is 0 Å². The van der Waals surface area contributed by atoms with Crippen LogP contribution in [-0.4, -0.2) is 22.0 Å². The number of pyridine rings is 1. The topological polar surface area (TPSA) is 50.7 Å². The quantitative estimate of drug-likeness (QED) is 0.945. The number of hydrogen-bond acceptors (Lipinski definition) is 4. The summed E-state index contributed by atoms with van der Waals surface area (Å²) in [7, 11) is 1.85. The molecule has 2 aromatic heterocycles. The molecule has 0 aliphatic carbocycles. The average molecular weight is 293 g/mol. The van der Waals surface area contributed by atoms with E-state index in [1.807, 2.05) is 19.2 Å². The molecule has 2 rings (SSSR count). The van der Waals surface area contributed by atoms with Crippen LogP contribution in [0.25, 0.3) is 11.4 Å². The summed E-state index contributed by atoms with van der Waals surface area (Å²) in [5, 5.41) is 3.04. The zero-order chi connectivity index (χ0) is 12.3. The van der Waals surface area contributed by atoms with E-state index in [-0.39, 0.29) is 0 Å². The van der Waals surface area contributed by atoms with Gasteiger partial charge in [0.1, 0.15) is 5.82 Å². The summed E-state index contributed by atoms with van der Waals surface area (Å²) in [6.45, 7) is 2.07. The maximum Gasteiger partial charge on any atom is 0.163 e. The van der Waals surface area contributed by atoms with E-state index < -0.39 is 0 Å². The van der Waals surface area contributed by atoms with Crippen molar-refractivity contribution in [1.29, 1.82) is 0 Å². The van der Waals surface area contributed by atoms with Gasteiger partial charge in [0.25, 0.3) is 0 Å². The molecular formula is C12H13BrN4. The van der Waals surface area contributed by atoms with Gasteiger partial charge in [-0.25, -0.2) is 9.97 Å². The smallest absolute Gasteiger partial charge is 0.163 e. The molecule has 0 amide bonds. The second-order valence-corrected chi connectivity index (χ2v) is 4.48. The number of anilines is 1. The summed E-state index contributed by atoms with van der Waals surface area (Å²) in [6.07, 6.45) is 4.39. The monoisotopic (exact) mass is 292 g/mol. The summed E-state index contributed by atoms with van der Waals surface area (Å²) >= 11 is 3.40. The normalized spacial score (nSPS) is 10.3. The Morgan fingerprint density at radius 2 is 2.06 bits per heavy atom. The third kappa shape index (κ3) is 2.79. The Morgan fingerprint density at radius 3 is 2.71 bits per heavy atom. The summed E-state index contributed by atoms with van der Waals surface area (Å²) in [5.74, 6) is 1.52. The lowest BCUT2D eigenvalue weighted by Gasteiger charge is -2.06. The molecule has 0 radical (unpaired) electrons. The van der Waals surface area contributed by atoms with E-state index in [0.29, 0.717) is 5.82 Å². The Bertz CT molecular complexity index is 505. The first-order valence-electron chi connectivity index (χ1n) is 5.39. The minimum atomic E-state index is 0.697. The molecule has 0 spiro atoms. The highest BCUT2D eigenvalue weighted by atomic mass is 79.9. The van der Waals surface area contributed by atoms with Crippen LogP contribution in [0.5, 0.6) is 0 Å². The van der Waals surface area contributed by atoms with Crippen molar-refractivity contribution in [2.24, 2.45) is 0 Å². The van der Waals surface area contributed by atoms with Crippen molar-refractivity contribution in [3.8, 4) is 11.4 Å². The number of nitrogens with one attached hydrogen (secondary N) is 1. The molecule has 2 aromatic rings. The van der Waals surface area contributed by atoms with E-state index in [9.17, 15) is 0 Å². The van der Waals surface area contributed by atoms with Gasteiger partial charge in [-0.15, -0.1) is 0 Å². The lowest BCUT2D eigenvalue weighted by Crippen LogP contribution is -2.00. The molecule has 0 aliphatic heterocycles. The maximum atomic E-state index is 4.50. The van der Waals surface area contributed by atoms with Gasteiger partial charge in [0, 0.05) is 41.2 Å². The molecule has 0 atom stereocenters. The van der Waals surface area contributed by atoms with Gasteiger partial charge in [-0.3, -0.25) is 4.98 Å². The third-order valence-corrected chi connectivity index (χ3v) is 2.79. The molecule has 0 fully saturated rings. The number of aryl methyl sites for hydroxylation is 1. The molecule has 2 heterocycles. The van der Waals surface area contributed by atoms with Crippen LogP contribution in [0.15, 0.2) is 29.0 Å². The van der Waals surface area contributed by atoms with Crippen molar-refractivity contribution in [1.82, 2.24) is 15.0 Å². The number of halogens is 1. The first-order valence-corrected chi connectivity index (χ1v) is 6.19. The minimum absolute atomic E-state index is 0.697. The molecule has 0 saturated heterocycles. The zero-order valence-corrected chi connectivity index (χ0v) is 11.3. The summed E-state index contributed by atoms with van der Waals surface area (Å²) in [6, 6.07) is 3.91. The van der Waals surface area contributed by atoms with Crippen LogP contribution in [0.1, 0.15) is 12.6 Å². The van der Waals surface area contributed by atoms with Gasteiger partial charge in [-0.1, -0.05) is 6.92 Å². The summed E-state index contributed by atoms with van der Waals surface area (Å²) < 4.78 is 0.923. The predicted octanol–water partition coefficient (Wildman–Crippen LogP) is 2.91. The van der Waals surface area contributed by atoms with Gasteiger partial charge in [0.15, 0.2) is 5.82 Å². The predicted molar refractivity (Wildman–Crippen MR) is 71.9 cm³/mol. The Hall–Kier alpha value is -1.49. The van der Waals surface area contributed by atoms with Crippen molar-refractivity contribution in [2.75, 3.05) is 12.4 Å². The van der Waals surface area contributed by atoms with Gasteiger partial charge in [0.05, 0.1) is 0 Å². The highest BCUT2D eigenvalue weighted by Crippen LogP contribution is 2.20. The average Bonchev–Trinajstić information content (AvgIpc) is 2.38. The summed E-state index contributed by atoms with van der Waals surface area (Å²) in [5.41, 5.74) is 1.92. The molecule has 17 heavy (non-hydrogen) atoms. The van der Waals surface area contributed by atoms with Crippen molar-refractivity contribution in [2.45, 2.75) is 13.3 Å². The van der Waals surface area contributed by atoms with E-state index in [2.05, 4.69) is 43.1 Å². The minimum Gasteiger partial charge on any atom is -0.373 e. The molecule has 4 nitrogen and oxygen atoms in total. The standard InChI is InChI=1S/C12H13BrN4/c1-3-10-5-11(14-2)17-12(16-10)8-4-9(13)7-15-6-8/h4-7H,3H2,1-2H3,(H,14,16,17). The Kier molecular flexibility index (Phi) is 3.68. The van der Waals surface area contributed by atoms with Gasteiger partial charge < -0.3 is 5.32 Å². The molecule has 0 aliphatic rings. The lowest BCUT2D eigenvalue weighted by atomic mass is 10.2. The number of hydrogen-bond donors (Lipinski definition) is 1. The van der Waals surface area contributed by atoms with E-state index >= 15 is 0 Å². The van der Waals surface area contributed by atoms with E-state index in [4.69, 9.17) is 0 Å². The van der Waals surface area contributed by atoms with Crippen LogP contribution >= 0.6 is 15.9 Å². The number of nitrogens with zero attached hydrogens (tertiary/aromatic N) is 3. The van der Waals surface area contributed by atoms with Gasteiger partial charge in [-0.2, -0.15) is 0 Å². The van der Waals surface area contributed by atoms with E-state index in [1.54, 1.807) is 12.4 Å².